The lowest BCUT2D eigenvalue weighted by Crippen LogP contribution is -2.33. The van der Waals surface area contributed by atoms with Crippen molar-refractivity contribution in [3.05, 3.63) is 48.3 Å². The first-order valence-corrected chi connectivity index (χ1v) is 6.77. The van der Waals surface area contributed by atoms with Gasteiger partial charge >= 0.3 is 0 Å². The van der Waals surface area contributed by atoms with E-state index in [4.69, 9.17) is 0 Å². The van der Waals surface area contributed by atoms with Crippen molar-refractivity contribution in [3.8, 4) is 0 Å². The van der Waals surface area contributed by atoms with E-state index in [2.05, 4.69) is 13.5 Å². The molecule has 0 saturated carbocycles. The number of amides is 1. The van der Waals surface area contributed by atoms with Crippen LogP contribution in [0.5, 0.6) is 0 Å². The smallest absolute Gasteiger partial charge is 0.223 e. The second-order valence-corrected chi connectivity index (χ2v) is 5.21. The van der Waals surface area contributed by atoms with Crippen LogP contribution in [0.2, 0.25) is 0 Å². The van der Waals surface area contributed by atoms with Gasteiger partial charge in [0.05, 0.1) is 0 Å². The highest BCUT2D eigenvalue weighted by Crippen LogP contribution is 2.32. The third kappa shape index (κ3) is 3.22. The number of halogens is 1. The van der Waals surface area contributed by atoms with Crippen LogP contribution in [0.1, 0.15) is 37.7 Å². The Labute approximate surface area is 113 Å². The highest BCUT2D eigenvalue weighted by atomic mass is 19.1. The van der Waals surface area contributed by atoms with Gasteiger partial charge in [-0.15, -0.1) is 6.58 Å². The third-order valence-electron chi connectivity index (χ3n) is 3.80. The van der Waals surface area contributed by atoms with Crippen LogP contribution in [0.15, 0.2) is 36.9 Å². The summed E-state index contributed by atoms with van der Waals surface area (Å²) >= 11 is 0. The Kier molecular flexibility index (Phi) is 4.35. The number of likely N-dealkylation sites (tertiary alicyclic amines) is 1. The molecule has 1 saturated heterocycles. The molecule has 0 unspecified atom stereocenters. The molecular weight excluding hydrogens is 241 g/mol. The minimum atomic E-state index is -0.214. The first-order chi connectivity index (χ1) is 9.11. The molecule has 0 aliphatic carbocycles. The van der Waals surface area contributed by atoms with E-state index < -0.39 is 0 Å². The number of hydrogen-bond acceptors (Lipinski definition) is 1. The summed E-state index contributed by atoms with van der Waals surface area (Å²) < 4.78 is 12.9. The number of benzene rings is 1. The van der Waals surface area contributed by atoms with Crippen molar-refractivity contribution in [2.45, 2.75) is 38.1 Å². The number of hydrogen-bond donors (Lipinski definition) is 0. The van der Waals surface area contributed by atoms with Crippen LogP contribution in [0, 0.1) is 5.82 Å². The van der Waals surface area contributed by atoms with Crippen LogP contribution in [0.4, 0.5) is 4.39 Å². The van der Waals surface area contributed by atoms with Crippen molar-refractivity contribution < 1.29 is 9.18 Å². The molecule has 1 aliphatic heterocycles. The van der Waals surface area contributed by atoms with Crippen molar-refractivity contribution >= 4 is 5.91 Å². The quantitative estimate of drug-likeness (QED) is 0.760. The molecule has 1 aliphatic rings. The number of carbonyl (C=O) groups is 1. The molecule has 0 aromatic heterocycles. The largest absolute Gasteiger partial charge is 0.339 e. The highest BCUT2D eigenvalue weighted by Gasteiger charge is 2.32. The highest BCUT2D eigenvalue weighted by molar-refractivity contribution is 5.77. The molecule has 19 heavy (non-hydrogen) atoms. The van der Waals surface area contributed by atoms with Crippen molar-refractivity contribution in [2.24, 2.45) is 0 Å². The molecule has 0 bridgehead atoms. The number of rotatable bonds is 4. The van der Waals surface area contributed by atoms with Crippen molar-refractivity contribution in [2.75, 3.05) is 6.54 Å². The lowest BCUT2D eigenvalue weighted by atomic mass is 9.97. The fraction of sp³-hybridized carbons (Fsp3) is 0.438. The topological polar surface area (TPSA) is 20.3 Å². The molecule has 1 fully saturated rings. The van der Waals surface area contributed by atoms with Crippen LogP contribution in [0.25, 0.3) is 0 Å². The average molecular weight is 261 g/mol. The summed E-state index contributed by atoms with van der Waals surface area (Å²) in [5, 5.41) is 0. The van der Waals surface area contributed by atoms with Gasteiger partial charge in [-0.2, -0.15) is 0 Å². The molecule has 1 amide bonds. The number of carbonyl (C=O) groups excluding carboxylic acids is 1. The Morgan fingerprint density at radius 3 is 2.79 bits per heavy atom. The van der Waals surface area contributed by atoms with Gasteiger partial charge in [0, 0.05) is 24.9 Å². The summed E-state index contributed by atoms with van der Waals surface area (Å²) in [5.74, 6) is 0.300. The Hall–Kier alpha value is -1.64. The minimum Gasteiger partial charge on any atom is -0.339 e. The van der Waals surface area contributed by atoms with E-state index in [1.807, 2.05) is 17.0 Å². The fourth-order valence-corrected chi connectivity index (χ4v) is 2.72. The predicted molar refractivity (Wildman–Crippen MR) is 74.4 cm³/mol. The lowest BCUT2D eigenvalue weighted by Gasteiger charge is -2.21. The van der Waals surface area contributed by atoms with E-state index in [1.54, 1.807) is 6.08 Å². The average Bonchev–Trinajstić information content (AvgIpc) is 2.79. The number of allylic oxidation sites excluding steroid dienone is 1. The SMILES string of the molecule is C=CCCC(=O)N1C[C@H](c2ccc(F)cc2)C[C@@H]1C. The van der Waals surface area contributed by atoms with Crippen LogP contribution < -0.4 is 0 Å². The summed E-state index contributed by atoms with van der Waals surface area (Å²) in [6.07, 6.45) is 3.98. The van der Waals surface area contributed by atoms with E-state index in [0.29, 0.717) is 12.3 Å². The van der Waals surface area contributed by atoms with Crippen molar-refractivity contribution in [1.29, 1.82) is 0 Å². The van der Waals surface area contributed by atoms with Crippen LogP contribution in [-0.2, 0) is 4.79 Å². The van der Waals surface area contributed by atoms with E-state index in [1.165, 1.54) is 12.1 Å². The van der Waals surface area contributed by atoms with E-state index in [-0.39, 0.29) is 17.8 Å². The Bertz CT molecular complexity index is 454. The van der Waals surface area contributed by atoms with Crippen LogP contribution >= 0.6 is 0 Å². The van der Waals surface area contributed by atoms with Crippen molar-refractivity contribution in [1.82, 2.24) is 4.90 Å². The molecular formula is C16H20FNO. The molecule has 1 aromatic carbocycles. The molecule has 0 radical (unpaired) electrons. The Balaban J connectivity index is 2.02. The van der Waals surface area contributed by atoms with E-state index in [9.17, 15) is 9.18 Å². The second kappa shape index (κ2) is 6.00. The minimum absolute atomic E-state index is 0.192. The van der Waals surface area contributed by atoms with Crippen LogP contribution in [0.3, 0.4) is 0 Å². The van der Waals surface area contributed by atoms with Gasteiger partial charge in [0.1, 0.15) is 5.82 Å². The second-order valence-electron chi connectivity index (χ2n) is 5.21. The summed E-state index contributed by atoms with van der Waals surface area (Å²) in [6, 6.07) is 6.88. The maximum absolute atomic E-state index is 12.9. The summed E-state index contributed by atoms with van der Waals surface area (Å²) in [7, 11) is 0. The fourth-order valence-electron chi connectivity index (χ4n) is 2.72. The van der Waals surface area contributed by atoms with Crippen molar-refractivity contribution in [3.63, 3.8) is 0 Å². The summed E-state index contributed by atoms with van der Waals surface area (Å²) in [5.41, 5.74) is 1.12. The standard InChI is InChI=1S/C16H20FNO/c1-3-4-5-16(19)18-11-14(10-12(18)2)13-6-8-15(17)9-7-13/h3,6-9,12,14H,1,4-5,10-11H2,2H3/t12-,14+/m0/s1. The normalized spacial score (nSPS) is 22.5. The zero-order valence-corrected chi connectivity index (χ0v) is 11.3. The molecule has 1 heterocycles. The lowest BCUT2D eigenvalue weighted by molar-refractivity contribution is -0.131. The first-order valence-electron chi connectivity index (χ1n) is 6.77. The summed E-state index contributed by atoms with van der Waals surface area (Å²) in [6.45, 7) is 6.46. The van der Waals surface area contributed by atoms with Gasteiger partial charge in [0.15, 0.2) is 0 Å². The van der Waals surface area contributed by atoms with Gasteiger partial charge in [0.2, 0.25) is 5.91 Å². The predicted octanol–water partition coefficient (Wildman–Crippen LogP) is 3.50. The molecule has 2 atom stereocenters. The molecule has 0 spiro atoms. The number of nitrogens with zero attached hydrogens (tertiary/aromatic N) is 1. The molecule has 0 N–H and O–H groups in total. The molecule has 2 rings (SSSR count). The molecule has 102 valence electrons. The molecule has 1 aromatic rings. The van der Waals surface area contributed by atoms with Crippen LogP contribution in [-0.4, -0.2) is 23.4 Å². The monoisotopic (exact) mass is 261 g/mol. The third-order valence-corrected chi connectivity index (χ3v) is 3.80. The van der Waals surface area contributed by atoms with Gasteiger partial charge in [0.25, 0.3) is 0 Å². The molecule has 3 heteroatoms. The van der Waals surface area contributed by atoms with Gasteiger partial charge in [-0.1, -0.05) is 18.2 Å². The van der Waals surface area contributed by atoms with E-state index in [0.717, 1.165) is 24.9 Å². The first kappa shape index (κ1) is 13.8. The Morgan fingerprint density at radius 2 is 2.16 bits per heavy atom. The van der Waals surface area contributed by atoms with E-state index >= 15 is 0 Å². The van der Waals surface area contributed by atoms with Gasteiger partial charge in [-0.05, 0) is 37.5 Å². The molecule has 2 nitrogen and oxygen atoms in total. The zero-order chi connectivity index (χ0) is 13.8. The van der Waals surface area contributed by atoms with Gasteiger partial charge < -0.3 is 4.90 Å². The van der Waals surface area contributed by atoms with Gasteiger partial charge in [-0.3, -0.25) is 4.79 Å². The summed E-state index contributed by atoms with van der Waals surface area (Å²) in [4.78, 5) is 14.0. The maximum Gasteiger partial charge on any atom is 0.223 e. The Morgan fingerprint density at radius 1 is 1.47 bits per heavy atom. The maximum atomic E-state index is 12.9. The zero-order valence-electron chi connectivity index (χ0n) is 11.3. The van der Waals surface area contributed by atoms with Gasteiger partial charge in [-0.25, -0.2) is 4.39 Å².